The molecule has 1 aromatic rings. The van der Waals surface area contributed by atoms with Crippen LogP contribution >= 0.6 is 0 Å². The first kappa shape index (κ1) is 20.4. The van der Waals surface area contributed by atoms with Crippen LogP contribution in [0.5, 0.6) is 0 Å². The van der Waals surface area contributed by atoms with Crippen molar-refractivity contribution < 1.29 is 28.6 Å². The lowest BCUT2D eigenvalue weighted by Gasteiger charge is -2.25. The molecule has 138 valence electrons. The number of carbonyl (C=O) groups excluding carboxylic acids is 2. The average molecular weight is 354 g/mol. The summed E-state index contributed by atoms with van der Waals surface area (Å²) in [5, 5.41) is 13.6. The van der Waals surface area contributed by atoms with Crippen LogP contribution in [0.1, 0.15) is 49.5 Å². The number of carboxylic acid groups (broad SMARTS) is 1. The molecule has 7 nitrogen and oxygen atoms in total. The number of aryl methyl sites for hydroxylation is 1. The highest BCUT2D eigenvalue weighted by Gasteiger charge is 2.23. The number of nitrogens with one attached hydrogen (secondary N) is 2. The van der Waals surface area contributed by atoms with E-state index in [4.69, 9.17) is 9.84 Å². The number of esters is 1. The number of amides is 2. The Kier molecular flexibility index (Phi) is 6.90. The maximum atomic E-state index is 14.1. The Morgan fingerprint density at radius 2 is 1.92 bits per heavy atom. The first-order valence-corrected chi connectivity index (χ1v) is 7.84. The fourth-order valence-electron chi connectivity index (χ4n) is 2.14. The summed E-state index contributed by atoms with van der Waals surface area (Å²) >= 11 is 0. The number of urea groups is 1. The van der Waals surface area contributed by atoms with Gasteiger partial charge in [-0.1, -0.05) is 0 Å². The van der Waals surface area contributed by atoms with Gasteiger partial charge in [0.1, 0.15) is 5.82 Å². The summed E-state index contributed by atoms with van der Waals surface area (Å²) in [6.45, 7) is 6.71. The molecule has 0 saturated heterocycles. The number of hydrogen-bond acceptors (Lipinski definition) is 4. The van der Waals surface area contributed by atoms with Crippen LogP contribution in [0, 0.1) is 12.7 Å². The largest absolute Gasteiger partial charge is 0.481 e. The topological polar surface area (TPSA) is 105 Å². The summed E-state index contributed by atoms with van der Waals surface area (Å²) in [6, 6.07) is 1.65. The van der Waals surface area contributed by atoms with Crippen LogP contribution in [0.4, 0.5) is 14.9 Å². The third-order valence-corrected chi connectivity index (χ3v) is 3.47. The molecule has 0 radical (unpaired) electrons. The number of anilines is 1. The molecule has 0 heterocycles. The minimum absolute atomic E-state index is 0.112. The van der Waals surface area contributed by atoms with E-state index in [9.17, 15) is 18.8 Å². The molecule has 1 rings (SSSR count). The lowest BCUT2D eigenvalue weighted by molar-refractivity contribution is -0.137. The molecule has 0 spiro atoms. The van der Waals surface area contributed by atoms with Crippen molar-refractivity contribution >= 4 is 23.7 Å². The predicted octanol–water partition coefficient (Wildman–Crippen LogP) is 3.08. The van der Waals surface area contributed by atoms with Gasteiger partial charge < -0.3 is 20.5 Å². The van der Waals surface area contributed by atoms with Gasteiger partial charge in [0.15, 0.2) is 0 Å². The smallest absolute Gasteiger partial charge is 0.338 e. The minimum atomic E-state index is -0.973. The zero-order chi connectivity index (χ0) is 19.2. The van der Waals surface area contributed by atoms with Gasteiger partial charge in [-0.25, -0.2) is 14.0 Å². The van der Waals surface area contributed by atoms with Gasteiger partial charge in [0.25, 0.3) is 0 Å². The number of aliphatic carboxylic acids is 1. The normalized spacial score (nSPS) is 10.9. The first-order valence-electron chi connectivity index (χ1n) is 7.84. The molecule has 0 unspecified atom stereocenters. The van der Waals surface area contributed by atoms with Crippen LogP contribution in [-0.2, 0) is 9.53 Å². The van der Waals surface area contributed by atoms with Crippen molar-refractivity contribution in [2.45, 2.75) is 46.1 Å². The summed E-state index contributed by atoms with van der Waals surface area (Å²) in [7, 11) is 0. The fourth-order valence-corrected chi connectivity index (χ4v) is 2.14. The van der Waals surface area contributed by atoms with Crippen LogP contribution in [0.2, 0.25) is 0 Å². The van der Waals surface area contributed by atoms with Gasteiger partial charge in [0, 0.05) is 12.0 Å². The number of benzene rings is 1. The van der Waals surface area contributed by atoms with Crippen LogP contribution < -0.4 is 10.6 Å². The monoisotopic (exact) mass is 354 g/mol. The number of hydrogen-bond donors (Lipinski definition) is 3. The van der Waals surface area contributed by atoms with Gasteiger partial charge in [-0.2, -0.15) is 0 Å². The van der Waals surface area contributed by atoms with Crippen molar-refractivity contribution in [3.63, 3.8) is 0 Å². The van der Waals surface area contributed by atoms with E-state index in [1.165, 1.54) is 6.07 Å². The molecule has 2 amide bonds. The molecule has 0 aliphatic carbocycles. The molecule has 0 aliphatic rings. The van der Waals surface area contributed by atoms with Crippen molar-refractivity contribution in [3.05, 3.63) is 29.1 Å². The number of ether oxygens (including phenoxy) is 1. The molecule has 1 aromatic carbocycles. The molecule has 8 heteroatoms. The van der Waals surface area contributed by atoms with Gasteiger partial charge in [-0.3, -0.25) is 4.79 Å². The van der Waals surface area contributed by atoms with Gasteiger partial charge >= 0.3 is 18.0 Å². The molecular weight excluding hydrogens is 331 g/mol. The second-order valence-corrected chi connectivity index (χ2v) is 6.22. The Balaban J connectivity index is 2.88. The zero-order valence-electron chi connectivity index (χ0n) is 14.7. The molecule has 0 fully saturated rings. The molecule has 0 bridgehead atoms. The fraction of sp³-hybridized carbons (Fsp3) is 0.471. The Labute approximate surface area is 145 Å². The Morgan fingerprint density at radius 3 is 2.48 bits per heavy atom. The van der Waals surface area contributed by atoms with Crippen LogP contribution in [-0.4, -0.2) is 35.2 Å². The average Bonchev–Trinajstić information content (AvgIpc) is 2.47. The standard InChI is InChI=1S/C17H23FN2O5/c1-5-25-15(23)11-9-13(12(18)8-10(11)2)19-16(24)20-17(3,4)7-6-14(21)22/h8-9H,5-7H2,1-4H3,(H,21,22)(H2,19,20,24). The minimum Gasteiger partial charge on any atom is -0.481 e. The van der Waals surface area contributed by atoms with E-state index in [0.29, 0.717) is 5.56 Å². The first-order chi connectivity index (χ1) is 11.6. The third kappa shape index (κ3) is 6.40. The Bertz CT molecular complexity index is 673. The summed E-state index contributed by atoms with van der Waals surface area (Å²) in [6.07, 6.45) is 0.0966. The molecule has 0 aromatic heterocycles. The van der Waals surface area contributed by atoms with Gasteiger partial charge in [0.2, 0.25) is 0 Å². The molecule has 25 heavy (non-hydrogen) atoms. The quantitative estimate of drug-likeness (QED) is 0.653. The molecule has 0 saturated carbocycles. The Morgan fingerprint density at radius 1 is 1.28 bits per heavy atom. The van der Waals surface area contributed by atoms with Crippen molar-refractivity contribution in [1.29, 1.82) is 0 Å². The predicted molar refractivity (Wildman–Crippen MR) is 90.2 cm³/mol. The van der Waals surface area contributed by atoms with Crippen LogP contribution in [0.3, 0.4) is 0 Å². The molecular formula is C17H23FN2O5. The van der Waals surface area contributed by atoms with E-state index < -0.39 is 29.3 Å². The van der Waals surface area contributed by atoms with Crippen molar-refractivity contribution in [1.82, 2.24) is 5.32 Å². The van der Waals surface area contributed by atoms with Crippen LogP contribution in [0.25, 0.3) is 0 Å². The molecule has 0 aliphatic heterocycles. The van der Waals surface area contributed by atoms with Crippen molar-refractivity contribution in [2.75, 3.05) is 11.9 Å². The summed E-state index contributed by atoms with van der Waals surface area (Å²) in [5.41, 5.74) is -0.416. The van der Waals surface area contributed by atoms with Gasteiger partial charge in [-0.15, -0.1) is 0 Å². The number of halogens is 1. The van der Waals surface area contributed by atoms with Gasteiger partial charge in [0.05, 0.1) is 17.9 Å². The van der Waals surface area contributed by atoms with E-state index in [1.807, 2.05) is 0 Å². The number of rotatable bonds is 7. The van der Waals surface area contributed by atoms with Crippen molar-refractivity contribution in [3.8, 4) is 0 Å². The van der Waals surface area contributed by atoms with E-state index in [-0.39, 0.29) is 30.7 Å². The molecule has 0 atom stereocenters. The highest BCUT2D eigenvalue weighted by atomic mass is 19.1. The molecule has 3 N–H and O–H groups in total. The van der Waals surface area contributed by atoms with E-state index >= 15 is 0 Å². The van der Waals surface area contributed by atoms with Gasteiger partial charge in [-0.05, 0) is 51.8 Å². The van der Waals surface area contributed by atoms with E-state index in [2.05, 4.69) is 10.6 Å². The second kappa shape index (κ2) is 8.46. The second-order valence-electron chi connectivity index (χ2n) is 6.22. The lowest BCUT2D eigenvalue weighted by atomic mass is 9.99. The number of carboxylic acids is 1. The summed E-state index contributed by atoms with van der Waals surface area (Å²) in [4.78, 5) is 34.6. The number of carbonyl (C=O) groups is 3. The lowest BCUT2D eigenvalue weighted by Crippen LogP contribution is -2.45. The van der Waals surface area contributed by atoms with Crippen LogP contribution in [0.15, 0.2) is 12.1 Å². The maximum absolute atomic E-state index is 14.1. The third-order valence-electron chi connectivity index (χ3n) is 3.47. The highest BCUT2D eigenvalue weighted by molar-refractivity contribution is 5.95. The van der Waals surface area contributed by atoms with Crippen molar-refractivity contribution in [2.24, 2.45) is 0 Å². The van der Waals surface area contributed by atoms with E-state index in [0.717, 1.165) is 6.07 Å². The Hall–Kier alpha value is -2.64. The van der Waals surface area contributed by atoms with E-state index in [1.54, 1.807) is 27.7 Å². The SMILES string of the molecule is CCOC(=O)c1cc(NC(=O)NC(C)(C)CCC(=O)O)c(F)cc1C. The maximum Gasteiger partial charge on any atom is 0.338 e. The highest BCUT2D eigenvalue weighted by Crippen LogP contribution is 2.21. The zero-order valence-corrected chi connectivity index (χ0v) is 14.7. The summed E-state index contributed by atoms with van der Waals surface area (Å²) < 4.78 is 19.0. The summed E-state index contributed by atoms with van der Waals surface area (Å²) in [5.74, 6) is -2.27.